The summed E-state index contributed by atoms with van der Waals surface area (Å²) in [4.78, 5) is 17.8. The van der Waals surface area contributed by atoms with Crippen molar-refractivity contribution in [2.45, 2.75) is 12.2 Å². The maximum absolute atomic E-state index is 12.9. The number of hydrogen-bond acceptors (Lipinski definition) is 6. The van der Waals surface area contributed by atoms with E-state index in [9.17, 15) is 17.6 Å². The maximum Gasteiger partial charge on any atom is 0.226 e. The molecule has 1 aliphatic heterocycles. The van der Waals surface area contributed by atoms with Gasteiger partial charge in [0.1, 0.15) is 12.1 Å². The SMILES string of the molecule is O=C(CCS(=O)(=O)Cc1coc(-c2ccc(F)cc2)n1)N1CCOCC1. The number of hydrogen-bond donors (Lipinski definition) is 0. The van der Waals surface area contributed by atoms with E-state index in [1.54, 1.807) is 4.90 Å². The monoisotopic (exact) mass is 382 g/mol. The zero-order chi connectivity index (χ0) is 18.6. The standard InChI is InChI=1S/C17H19FN2O5S/c18-14-3-1-13(2-4-14)17-19-15(11-25-17)12-26(22,23)10-5-16(21)20-6-8-24-9-7-20/h1-4,11H,5-10,12H2. The molecule has 2 aromatic rings. The molecule has 1 aliphatic rings. The summed E-state index contributed by atoms with van der Waals surface area (Å²) in [7, 11) is -3.51. The molecule has 140 valence electrons. The molecule has 1 aromatic carbocycles. The summed E-state index contributed by atoms with van der Waals surface area (Å²) in [6.07, 6.45) is 1.20. The van der Waals surface area contributed by atoms with Gasteiger partial charge in [0.05, 0.1) is 30.4 Å². The van der Waals surface area contributed by atoms with Crippen molar-refractivity contribution in [2.75, 3.05) is 32.1 Å². The summed E-state index contributed by atoms with van der Waals surface area (Å²) < 4.78 is 47.9. The van der Waals surface area contributed by atoms with Gasteiger partial charge in [-0.15, -0.1) is 0 Å². The molecule has 3 rings (SSSR count). The smallest absolute Gasteiger partial charge is 0.226 e. The van der Waals surface area contributed by atoms with Crippen LogP contribution in [0.5, 0.6) is 0 Å². The Balaban J connectivity index is 1.57. The summed E-state index contributed by atoms with van der Waals surface area (Å²) in [6.45, 7) is 1.93. The minimum Gasteiger partial charge on any atom is -0.444 e. The Bertz CT molecular complexity index is 858. The highest BCUT2D eigenvalue weighted by Crippen LogP contribution is 2.20. The van der Waals surface area contributed by atoms with Gasteiger partial charge in [0.2, 0.25) is 11.8 Å². The predicted molar refractivity (Wildman–Crippen MR) is 91.4 cm³/mol. The van der Waals surface area contributed by atoms with Gasteiger partial charge in [-0.2, -0.15) is 0 Å². The van der Waals surface area contributed by atoms with Crippen LogP contribution in [-0.4, -0.2) is 56.3 Å². The lowest BCUT2D eigenvalue weighted by atomic mass is 10.2. The predicted octanol–water partition coefficient (Wildman–Crippen LogP) is 1.64. The number of halogens is 1. The molecule has 0 saturated carbocycles. The van der Waals surface area contributed by atoms with E-state index in [1.807, 2.05) is 0 Å². The van der Waals surface area contributed by atoms with Crippen molar-refractivity contribution in [2.24, 2.45) is 0 Å². The second-order valence-electron chi connectivity index (χ2n) is 5.99. The normalized spacial score (nSPS) is 15.2. The fourth-order valence-corrected chi connectivity index (χ4v) is 3.82. The first-order valence-corrected chi connectivity index (χ1v) is 10.0. The van der Waals surface area contributed by atoms with Crippen molar-refractivity contribution in [3.63, 3.8) is 0 Å². The number of carbonyl (C=O) groups is 1. The molecule has 0 unspecified atom stereocenters. The van der Waals surface area contributed by atoms with Crippen LogP contribution in [0.15, 0.2) is 34.9 Å². The molecule has 0 spiro atoms. The fourth-order valence-electron chi connectivity index (χ4n) is 2.61. The Morgan fingerprint density at radius 2 is 1.88 bits per heavy atom. The summed E-state index contributed by atoms with van der Waals surface area (Å²) in [5.41, 5.74) is 0.806. The van der Waals surface area contributed by atoms with Crippen molar-refractivity contribution in [1.82, 2.24) is 9.88 Å². The number of ether oxygens (including phenoxy) is 1. The summed E-state index contributed by atoms with van der Waals surface area (Å²) in [6, 6.07) is 5.54. The highest BCUT2D eigenvalue weighted by molar-refractivity contribution is 7.90. The number of sulfone groups is 1. The van der Waals surface area contributed by atoms with Crippen molar-refractivity contribution >= 4 is 15.7 Å². The lowest BCUT2D eigenvalue weighted by molar-refractivity contribution is -0.134. The second kappa shape index (κ2) is 7.96. The van der Waals surface area contributed by atoms with E-state index in [0.29, 0.717) is 31.9 Å². The molecular formula is C17H19FN2O5S. The average molecular weight is 382 g/mol. The molecule has 0 atom stereocenters. The fraction of sp³-hybridized carbons (Fsp3) is 0.412. The quantitative estimate of drug-likeness (QED) is 0.755. The number of nitrogens with zero attached hydrogens (tertiary/aromatic N) is 2. The lowest BCUT2D eigenvalue weighted by Gasteiger charge is -2.26. The van der Waals surface area contributed by atoms with Crippen LogP contribution in [0.1, 0.15) is 12.1 Å². The van der Waals surface area contributed by atoms with E-state index >= 15 is 0 Å². The van der Waals surface area contributed by atoms with Crippen LogP contribution in [-0.2, 0) is 25.1 Å². The second-order valence-corrected chi connectivity index (χ2v) is 8.17. The van der Waals surface area contributed by atoms with Gasteiger partial charge in [-0.05, 0) is 24.3 Å². The topological polar surface area (TPSA) is 89.7 Å². The first kappa shape index (κ1) is 18.5. The number of morpholine rings is 1. The van der Waals surface area contributed by atoms with Crippen molar-refractivity contribution < 1.29 is 26.8 Å². The van der Waals surface area contributed by atoms with Gasteiger partial charge in [0.25, 0.3) is 0 Å². The van der Waals surface area contributed by atoms with Gasteiger partial charge in [-0.1, -0.05) is 0 Å². The van der Waals surface area contributed by atoms with E-state index in [0.717, 1.165) is 0 Å². The number of amides is 1. The van der Waals surface area contributed by atoms with Crippen LogP contribution < -0.4 is 0 Å². The van der Waals surface area contributed by atoms with Gasteiger partial charge in [-0.3, -0.25) is 4.79 Å². The first-order chi connectivity index (χ1) is 12.4. The summed E-state index contributed by atoms with van der Waals surface area (Å²) in [5.74, 6) is -0.910. The number of benzene rings is 1. The number of oxazole rings is 1. The lowest BCUT2D eigenvalue weighted by Crippen LogP contribution is -2.41. The zero-order valence-corrected chi connectivity index (χ0v) is 14.9. The van der Waals surface area contributed by atoms with Gasteiger partial charge >= 0.3 is 0 Å². The Labute approximate surface area is 150 Å². The molecule has 0 bridgehead atoms. The van der Waals surface area contributed by atoms with Gasteiger partial charge in [0, 0.05) is 25.1 Å². The molecule has 0 aliphatic carbocycles. The molecule has 2 heterocycles. The molecular weight excluding hydrogens is 363 g/mol. The van der Waals surface area contributed by atoms with E-state index in [4.69, 9.17) is 9.15 Å². The Hall–Kier alpha value is -2.26. The third-order valence-electron chi connectivity index (χ3n) is 4.00. The number of aromatic nitrogens is 1. The Kier molecular flexibility index (Phi) is 5.67. The third kappa shape index (κ3) is 4.89. The maximum atomic E-state index is 12.9. The van der Waals surface area contributed by atoms with Crippen LogP contribution in [0.25, 0.3) is 11.5 Å². The third-order valence-corrected chi connectivity index (χ3v) is 5.56. The van der Waals surface area contributed by atoms with E-state index in [-0.39, 0.29) is 41.2 Å². The van der Waals surface area contributed by atoms with Crippen molar-refractivity contribution in [3.05, 3.63) is 42.0 Å². The van der Waals surface area contributed by atoms with E-state index in [1.165, 1.54) is 30.5 Å². The minimum atomic E-state index is -3.51. The molecule has 7 nitrogen and oxygen atoms in total. The average Bonchev–Trinajstić information content (AvgIpc) is 3.09. The van der Waals surface area contributed by atoms with E-state index < -0.39 is 9.84 Å². The van der Waals surface area contributed by atoms with Crippen LogP contribution >= 0.6 is 0 Å². The molecule has 26 heavy (non-hydrogen) atoms. The van der Waals surface area contributed by atoms with Crippen LogP contribution in [0.3, 0.4) is 0 Å². The molecule has 1 aromatic heterocycles. The van der Waals surface area contributed by atoms with Crippen molar-refractivity contribution in [1.29, 1.82) is 0 Å². The highest BCUT2D eigenvalue weighted by Gasteiger charge is 2.21. The first-order valence-electron chi connectivity index (χ1n) is 8.19. The van der Waals surface area contributed by atoms with Crippen molar-refractivity contribution in [3.8, 4) is 11.5 Å². The minimum absolute atomic E-state index is 0.0645. The zero-order valence-electron chi connectivity index (χ0n) is 14.1. The highest BCUT2D eigenvalue weighted by atomic mass is 32.2. The summed E-state index contributed by atoms with van der Waals surface area (Å²) in [5, 5.41) is 0. The van der Waals surface area contributed by atoms with Crippen LogP contribution in [0.4, 0.5) is 4.39 Å². The molecule has 1 fully saturated rings. The van der Waals surface area contributed by atoms with Crippen LogP contribution in [0, 0.1) is 5.82 Å². The molecule has 0 radical (unpaired) electrons. The Morgan fingerprint density at radius 3 is 2.58 bits per heavy atom. The Morgan fingerprint density at radius 1 is 1.19 bits per heavy atom. The van der Waals surface area contributed by atoms with Gasteiger partial charge in [-0.25, -0.2) is 17.8 Å². The van der Waals surface area contributed by atoms with E-state index in [2.05, 4.69) is 4.98 Å². The molecule has 9 heteroatoms. The van der Waals surface area contributed by atoms with Crippen LogP contribution in [0.2, 0.25) is 0 Å². The van der Waals surface area contributed by atoms with Gasteiger partial charge in [0.15, 0.2) is 9.84 Å². The molecule has 1 saturated heterocycles. The number of rotatable bonds is 6. The largest absolute Gasteiger partial charge is 0.444 e. The molecule has 1 amide bonds. The molecule has 0 N–H and O–H groups in total. The number of carbonyl (C=O) groups excluding carboxylic acids is 1. The van der Waals surface area contributed by atoms with Gasteiger partial charge < -0.3 is 14.1 Å². The summed E-state index contributed by atoms with van der Waals surface area (Å²) >= 11 is 0.